The Hall–Kier alpha value is -1.73. The number of hydrogen-bond acceptors (Lipinski definition) is 5. The van der Waals surface area contributed by atoms with E-state index in [0.29, 0.717) is 0 Å². The summed E-state index contributed by atoms with van der Waals surface area (Å²) in [6.45, 7) is 1.10. The molecule has 3 atom stereocenters. The van der Waals surface area contributed by atoms with Gasteiger partial charge in [-0.15, -0.1) is 0 Å². The maximum Gasteiger partial charge on any atom is 0.326 e. The molecule has 1 aromatic carbocycles. The molecule has 0 amide bonds. The molecule has 0 aliphatic heterocycles. The third-order valence-corrected chi connectivity index (χ3v) is 6.14. The van der Waals surface area contributed by atoms with E-state index in [1.807, 2.05) is 0 Å². The molecule has 1 aliphatic rings. The van der Waals surface area contributed by atoms with Crippen LogP contribution in [0.1, 0.15) is 13.3 Å². The zero-order chi connectivity index (χ0) is 15.0. The van der Waals surface area contributed by atoms with E-state index < -0.39 is 31.7 Å². The lowest BCUT2D eigenvalue weighted by molar-refractivity contribution is -0.544. The van der Waals surface area contributed by atoms with E-state index >= 15 is 0 Å². The van der Waals surface area contributed by atoms with Crippen LogP contribution in [0.5, 0.6) is 0 Å². The summed E-state index contributed by atoms with van der Waals surface area (Å²) < 4.78 is 25.3. The van der Waals surface area contributed by atoms with Gasteiger partial charge in [-0.3, -0.25) is 10.1 Å². The molecule has 0 saturated carbocycles. The average molecular weight is 297 g/mol. The van der Waals surface area contributed by atoms with Crippen LogP contribution < -0.4 is 0 Å². The fourth-order valence-electron chi connectivity index (χ4n) is 2.35. The minimum atomic E-state index is -4.17. The second kappa shape index (κ2) is 4.99. The summed E-state index contributed by atoms with van der Waals surface area (Å²) in [5.41, 5.74) is 0. The van der Waals surface area contributed by atoms with Crippen LogP contribution in [0.3, 0.4) is 0 Å². The number of aliphatic hydroxyl groups is 1. The van der Waals surface area contributed by atoms with Gasteiger partial charge in [-0.25, -0.2) is 8.42 Å². The molecule has 1 aromatic rings. The summed E-state index contributed by atoms with van der Waals surface area (Å²) in [7, 11) is -4.17. The SMILES string of the molecule is CC([C@@H]1C=C[C@H](O)C1)([N+](=O)[O-])S(=O)(=O)c1ccccc1. The molecule has 1 N–H and O–H groups in total. The highest BCUT2D eigenvalue weighted by molar-refractivity contribution is 7.92. The summed E-state index contributed by atoms with van der Waals surface area (Å²) in [6.07, 6.45) is 2.00. The molecule has 0 saturated heterocycles. The Bertz CT molecular complexity index is 640. The Balaban J connectivity index is 2.54. The summed E-state index contributed by atoms with van der Waals surface area (Å²) in [6, 6.07) is 7.36. The van der Waals surface area contributed by atoms with Gasteiger partial charge >= 0.3 is 4.87 Å². The lowest BCUT2D eigenvalue weighted by Gasteiger charge is -2.26. The first-order valence-electron chi connectivity index (χ1n) is 6.10. The number of nitro groups is 1. The van der Waals surface area contributed by atoms with Gasteiger partial charge in [0.1, 0.15) is 0 Å². The van der Waals surface area contributed by atoms with Crippen LogP contribution >= 0.6 is 0 Å². The highest BCUT2D eigenvalue weighted by Gasteiger charge is 2.58. The summed E-state index contributed by atoms with van der Waals surface area (Å²) in [5.74, 6) is -0.863. The van der Waals surface area contributed by atoms with Gasteiger partial charge in [-0.05, 0) is 18.6 Å². The van der Waals surface area contributed by atoms with E-state index in [1.165, 1.54) is 36.4 Å². The second-order valence-corrected chi connectivity index (χ2v) is 7.23. The minimum Gasteiger partial charge on any atom is -0.389 e. The van der Waals surface area contributed by atoms with Crippen LogP contribution in [0.15, 0.2) is 47.4 Å². The third-order valence-electron chi connectivity index (χ3n) is 3.71. The molecule has 0 bridgehead atoms. The van der Waals surface area contributed by atoms with E-state index in [0.717, 1.165) is 6.92 Å². The van der Waals surface area contributed by atoms with Crippen LogP contribution in [0, 0.1) is 16.0 Å². The van der Waals surface area contributed by atoms with Gasteiger partial charge < -0.3 is 5.11 Å². The molecular weight excluding hydrogens is 282 g/mol. The van der Waals surface area contributed by atoms with E-state index in [-0.39, 0.29) is 11.3 Å². The molecule has 0 spiro atoms. The van der Waals surface area contributed by atoms with Crippen LogP contribution in [-0.4, -0.2) is 29.4 Å². The standard InChI is InChI=1S/C13H15NO5S/c1-13(14(16)17,10-7-8-11(15)9-10)20(18,19)12-5-3-2-4-6-12/h2-8,10-11,15H,9H2,1H3/t10-,11+,13?/m1/s1. The van der Waals surface area contributed by atoms with Crippen molar-refractivity contribution in [3.05, 3.63) is 52.6 Å². The summed E-state index contributed by atoms with van der Waals surface area (Å²) >= 11 is 0. The Morgan fingerprint density at radius 3 is 2.35 bits per heavy atom. The number of aliphatic hydroxyl groups excluding tert-OH is 1. The quantitative estimate of drug-likeness (QED) is 0.514. The smallest absolute Gasteiger partial charge is 0.326 e. The minimum absolute atomic E-state index is 0.0313. The number of sulfone groups is 1. The first-order chi connectivity index (χ1) is 9.30. The normalized spacial score (nSPS) is 25.3. The largest absolute Gasteiger partial charge is 0.389 e. The summed E-state index contributed by atoms with van der Waals surface area (Å²) in [5, 5.41) is 20.9. The highest BCUT2D eigenvalue weighted by Crippen LogP contribution is 2.38. The monoisotopic (exact) mass is 297 g/mol. The molecule has 6 nitrogen and oxygen atoms in total. The Morgan fingerprint density at radius 1 is 1.30 bits per heavy atom. The maximum absolute atomic E-state index is 12.6. The summed E-state index contributed by atoms with van der Waals surface area (Å²) in [4.78, 5) is 8.39. The van der Waals surface area contributed by atoms with Crippen molar-refractivity contribution in [3.8, 4) is 0 Å². The molecule has 0 heterocycles. The van der Waals surface area contributed by atoms with Gasteiger partial charge in [-0.1, -0.05) is 30.4 Å². The van der Waals surface area contributed by atoms with Gasteiger partial charge in [0, 0.05) is 11.8 Å². The number of benzene rings is 1. The fraction of sp³-hybridized carbons (Fsp3) is 0.385. The predicted octanol–water partition coefficient (Wildman–Crippen LogP) is 1.39. The van der Waals surface area contributed by atoms with Gasteiger partial charge in [0.2, 0.25) is 9.84 Å². The molecule has 0 aromatic heterocycles. The zero-order valence-corrected chi connectivity index (χ0v) is 11.7. The van der Waals surface area contributed by atoms with E-state index in [2.05, 4.69) is 0 Å². The first-order valence-corrected chi connectivity index (χ1v) is 7.59. The van der Waals surface area contributed by atoms with E-state index in [1.54, 1.807) is 6.07 Å². The highest BCUT2D eigenvalue weighted by atomic mass is 32.2. The zero-order valence-electron chi connectivity index (χ0n) is 10.8. The van der Waals surface area contributed by atoms with Crippen molar-refractivity contribution in [3.63, 3.8) is 0 Å². The van der Waals surface area contributed by atoms with Crippen molar-refractivity contribution in [2.24, 2.45) is 5.92 Å². The number of rotatable bonds is 4. The van der Waals surface area contributed by atoms with Crippen LogP contribution in [0.4, 0.5) is 0 Å². The third kappa shape index (κ3) is 2.12. The van der Waals surface area contributed by atoms with Crippen LogP contribution in [0.2, 0.25) is 0 Å². The van der Waals surface area contributed by atoms with Crippen molar-refractivity contribution >= 4 is 9.84 Å². The van der Waals surface area contributed by atoms with E-state index in [9.17, 15) is 23.6 Å². The second-order valence-electron chi connectivity index (χ2n) is 4.92. The molecule has 2 rings (SSSR count). The molecule has 108 valence electrons. The maximum atomic E-state index is 12.6. The lowest BCUT2D eigenvalue weighted by Crippen LogP contribution is -2.49. The van der Waals surface area contributed by atoms with Crippen molar-refractivity contribution in [2.75, 3.05) is 0 Å². The van der Waals surface area contributed by atoms with E-state index in [4.69, 9.17) is 0 Å². The van der Waals surface area contributed by atoms with Crippen LogP contribution in [0.25, 0.3) is 0 Å². The molecule has 0 radical (unpaired) electrons. The number of nitrogens with zero attached hydrogens (tertiary/aromatic N) is 1. The predicted molar refractivity (Wildman–Crippen MR) is 72.3 cm³/mol. The molecule has 20 heavy (non-hydrogen) atoms. The molecular formula is C13H15NO5S. The van der Waals surface area contributed by atoms with Crippen molar-refractivity contribution < 1.29 is 18.4 Å². The Morgan fingerprint density at radius 2 is 1.90 bits per heavy atom. The van der Waals surface area contributed by atoms with Gasteiger partial charge in [0.15, 0.2) is 0 Å². The molecule has 0 fully saturated rings. The number of hydrogen-bond donors (Lipinski definition) is 1. The molecule has 7 heteroatoms. The Kier molecular flexibility index (Phi) is 3.66. The lowest BCUT2D eigenvalue weighted by atomic mass is 10.0. The van der Waals surface area contributed by atoms with Crippen LogP contribution in [-0.2, 0) is 9.84 Å². The van der Waals surface area contributed by atoms with Gasteiger partial charge in [-0.2, -0.15) is 0 Å². The molecule has 1 aliphatic carbocycles. The van der Waals surface area contributed by atoms with Crippen molar-refractivity contribution in [2.45, 2.75) is 29.2 Å². The first kappa shape index (κ1) is 14.7. The Labute approximate surface area is 116 Å². The average Bonchev–Trinajstić information content (AvgIpc) is 2.85. The van der Waals surface area contributed by atoms with Gasteiger partial charge in [0.25, 0.3) is 0 Å². The topological polar surface area (TPSA) is 97.5 Å². The van der Waals surface area contributed by atoms with Crippen molar-refractivity contribution in [1.82, 2.24) is 0 Å². The molecule has 1 unspecified atom stereocenters. The van der Waals surface area contributed by atoms with Crippen molar-refractivity contribution in [1.29, 1.82) is 0 Å². The fourth-order valence-corrected chi connectivity index (χ4v) is 4.11. The van der Waals surface area contributed by atoms with Gasteiger partial charge in [0.05, 0.1) is 16.9 Å².